The molecule has 0 unspecified atom stereocenters. The molecule has 18 heavy (non-hydrogen) atoms. The van der Waals surface area contributed by atoms with E-state index >= 15 is 0 Å². The molecule has 2 heterocycles. The first-order valence-electron chi connectivity index (χ1n) is 5.43. The van der Waals surface area contributed by atoms with E-state index in [9.17, 15) is 17.6 Å². The number of hydrogen-bond donors (Lipinski definition) is 1. The summed E-state index contributed by atoms with van der Waals surface area (Å²) < 4.78 is 56.0. The number of alkyl halides is 3. The molecule has 0 saturated carbocycles. The molecule has 1 aromatic rings. The van der Waals surface area contributed by atoms with Crippen LogP contribution in [0.2, 0.25) is 0 Å². The average Bonchev–Trinajstić information content (AvgIpc) is 2.28. The van der Waals surface area contributed by atoms with Crippen molar-refractivity contribution in [1.82, 2.24) is 4.98 Å². The summed E-state index contributed by atoms with van der Waals surface area (Å²) in [6.45, 7) is 0.692. The number of hydrogen-bond acceptors (Lipinski definition) is 3. The van der Waals surface area contributed by atoms with E-state index < -0.39 is 23.1 Å². The fourth-order valence-electron chi connectivity index (χ4n) is 1.93. The summed E-state index contributed by atoms with van der Waals surface area (Å²) in [4.78, 5) is 3.56. The lowest BCUT2D eigenvalue weighted by molar-refractivity contribution is -0.138. The third-order valence-corrected chi connectivity index (χ3v) is 3.03. The Bertz CT molecular complexity index is 441. The molecule has 0 aliphatic carbocycles. The minimum Gasteiger partial charge on any atom is -0.381 e. The topological polar surface area (TPSA) is 48.1 Å². The van der Waals surface area contributed by atoms with Crippen LogP contribution in [-0.4, -0.2) is 18.2 Å². The second kappa shape index (κ2) is 4.47. The summed E-state index contributed by atoms with van der Waals surface area (Å²) in [5.74, 6) is -1.02. The minimum absolute atomic E-state index is 0.126. The van der Waals surface area contributed by atoms with E-state index in [2.05, 4.69) is 4.98 Å². The van der Waals surface area contributed by atoms with Gasteiger partial charge in [0.2, 0.25) is 0 Å². The lowest BCUT2D eigenvalue weighted by Crippen LogP contribution is -2.43. The predicted molar refractivity (Wildman–Crippen MR) is 55.1 cm³/mol. The highest BCUT2D eigenvalue weighted by atomic mass is 19.4. The fourth-order valence-corrected chi connectivity index (χ4v) is 1.93. The minimum atomic E-state index is -4.61. The zero-order chi connectivity index (χ0) is 13.4. The van der Waals surface area contributed by atoms with Gasteiger partial charge < -0.3 is 10.5 Å². The lowest BCUT2D eigenvalue weighted by atomic mass is 9.87. The van der Waals surface area contributed by atoms with Crippen molar-refractivity contribution in [2.75, 3.05) is 13.2 Å². The number of rotatable bonds is 1. The molecule has 1 fully saturated rings. The van der Waals surface area contributed by atoms with Crippen LogP contribution >= 0.6 is 0 Å². The molecule has 100 valence electrons. The number of aromatic nitrogens is 1. The van der Waals surface area contributed by atoms with E-state index in [1.807, 2.05) is 0 Å². The van der Waals surface area contributed by atoms with Crippen LogP contribution < -0.4 is 5.73 Å². The van der Waals surface area contributed by atoms with Gasteiger partial charge in [0.1, 0.15) is 5.82 Å². The van der Waals surface area contributed by atoms with Crippen molar-refractivity contribution in [3.8, 4) is 0 Å². The number of pyridine rings is 1. The van der Waals surface area contributed by atoms with E-state index in [0.717, 1.165) is 0 Å². The molecule has 0 radical (unpaired) electrons. The molecule has 1 aliphatic heterocycles. The summed E-state index contributed by atoms with van der Waals surface area (Å²) in [6.07, 6.45) is -3.32. The Kier molecular flexibility index (Phi) is 3.29. The van der Waals surface area contributed by atoms with E-state index in [-0.39, 0.29) is 5.69 Å². The van der Waals surface area contributed by atoms with Gasteiger partial charge in [-0.3, -0.25) is 4.98 Å². The van der Waals surface area contributed by atoms with Crippen molar-refractivity contribution in [3.05, 3.63) is 29.3 Å². The maximum absolute atomic E-state index is 13.7. The standard InChI is InChI=1S/C11H12F4N2O/c12-8-5-7(11(13,14)15)6-17-9(8)10(16)1-3-18-4-2-10/h5-6H,1-4,16H2. The van der Waals surface area contributed by atoms with E-state index in [1.165, 1.54) is 0 Å². The Hall–Kier alpha value is -1.21. The molecule has 0 atom stereocenters. The summed E-state index contributed by atoms with van der Waals surface area (Å²) in [5, 5.41) is 0. The highest BCUT2D eigenvalue weighted by Gasteiger charge is 2.37. The fraction of sp³-hybridized carbons (Fsp3) is 0.545. The van der Waals surface area contributed by atoms with Gasteiger partial charge in [0.05, 0.1) is 16.8 Å². The Morgan fingerprint density at radius 2 is 1.89 bits per heavy atom. The smallest absolute Gasteiger partial charge is 0.381 e. The lowest BCUT2D eigenvalue weighted by Gasteiger charge is -2.33. The van der Waals surface area contributed by atoms with E-state index in [1.54, 1.807) is 0 Å². The second-order valence-electron chi connectivity index (χ2n) is 4.32. The highest BCUT2D eigenvalue weighted by Crippen LogP contribution is 2.33. The molecule has 0 amide bonds. The third kappa shape index (κ3) is 2.46. The molecular formula is C11H12F4N2O. The molecule has 3 nitrogen and oxygen atoms in total. The van der Waals surface area contributed by atoms with Crippen molar-refractivity contribution >= 4 is 0 Å². The molecule has 7 heteroatoms. The van der Waals surface area contributed by atoms with Crippen molar-refractivity contribution in [1.29, 1.82) is 0 Å². The highest BCUT2D eigenvalue weighted by molar-refractivity contribution is 5.24. The van der Waals surface area contributed by atoms with Crippen LogP contribution in [-0.2, 0) is 16.5 Å². The molecule has 0 bridgehead atoms. The molecule has 1 aliphatic rings. The Morgan fingerprint density at radius 1 is 1.28 bits per heavy atom. The van der Waals surface area contributed by atoms with Crippen LogP contribution in [0.4, 0.5) is 17.6 Å². The van der Waals surface area contributed by atoms with Crippen LogP contribution in [0.15, 0.2) is 12.3 Å². The third-order valence-electron chi connectivity index (χ3n) is 3.03. The number of nitrogens with two attached hydrogens (primary N) is 1. The first-order chi connectivity index (χ1) is 8.33. The zero-order valence-corrected chi connectivity index (χ0v) is 9.43. The summed E-state index contributed by atoms with van der Waals surface area (Å²) in [6, 6.07) is 0.437. The monoisotopic (exact) mass is 264 g/mol. The first kappa shape index (κ1) is 13.2. The van der Waals surface area contributed by atoms with Gasteiger partial charge in [0.25, 0.3) is 0 Å². The quantitative estimate of drug-likeness (QED) is 0.791. The first-order valence-corrected chi connectivity index (χ1v) is 5.43. The molecule has 1 saturated heterocycles. The maximum atomic E-state index is 13.7. The summed E-state index contributed by atoms with van der Waals surface area (Å²) >= 11 is 0. The molecule has 2 rings (SSSR count). The van der Waals surface area contributed by atoms with Gasteiger partial charge in [-0.2, -0.15) is 13.2 Å². The van der Waals surface area contributed by atoms with Gasteiger partial charge in [-0.15, -0.1) is 0 Å². The van der Waals surface area contributed by atoms with E-state index in [4.69, 9.17) is 10.5 Å². The number of halogens is 4. The van der Waals surface area contributed by atoms with Crippen molar-refractivity contribution in [2.24, 2.45) is 5.73 Å². The summed E-state index contributed by atoms with van der Waals surface area (Å²) in [5.41, 5.74) is 3.69. The van der Waals surface area contributed by atoms with Crippen molar-refractivity contribution in [3.63, 3.8) is 0 Å². The SMILES string of the molecule is NC1(c2ncc(C(F)(F)F)cc2F)CCOCC1. The molecule has 0 spiro atoms. The van der Waals surface area contributed by atoms with Gasteiger partial charge in [0.15, 0.2) is 0 Å². The largest absolute Gasteiger partial charge is 0.417 e. The van der Waals surface area contributed by atoms with E-state index in [0.29, 0.717) is 38.3 Å². The molecule has 1 aromatic heterocycles. The number of nitrogens with zero attached hydrogens (tertiary/aromatic N) is 1. The Morgan fingerprint density at radius 3 is 2.39 bits per heavy atom. The van der Waals surface area contributed by atoms with Crippen LogP contribution in [0.25, 0.3) is 0 Å². The van der Waals surface area contributed by atoms with Gasteiger partial charge in [-0.05, 0) is 18.9 Å². The molecular weight excluding hydrogens is 252 g/mol. The van der Waals surface area contributed by atoms with Crippen LogP contribution in [0.5, 0.6) is 0 Å². The Balaban J connectivity index is 2.35. The van der Waals surface area contributed by atoms with Gasteiger partial charge in [-0.25, -0.2) is 4.39 Å². The van der Waals surface area contributed by atoms with Crippen LogP contribution in [0.3, 0.4) is 0 Å². The van der Waals surface area contributed by atoms with Crippen LogP contribution in [0, 0.1) is 5.82 Å². The molecule has 0 aromatic carbocycles. The Labute approximate surface area is 101 Å². The van der Waals surface area contributed by atoms with Gasteiger partial charge in [0, 0.05) is 19.4 Å². The molecule has 2 N–H and O–H groups in total. The second-order valence-corrected chi connectivity index (χ2v) is 4.32. The average molecular weight is 264 g/mol. The maximum Gasteiger partial charge on any atom is 0.417 e. The predicted octanol–water partition coefficient (Wildman–Crippen LogP) is 2.20. The summed E-state index contributed by atoms with van der Waals surface area (Å²) in [7, 11) is 0. The van der Waals surface area contributed by atoms with Gasteiger partial charge in [-0.1, -0.05) is 0 Å². The van der Waals surface area contributed by atoms with Crippen molar-refractivity contribution < 1.29 is 22.3 Å². The van der Waals surface area contributed by atoms with Gasteiger partial charge >= 0.3 is 6.18 Å². The van der Waals surface area contributed by atoms with Crippen LogP contribution in [0.1, 0.15) is 24.1 Å². The number of ether oxygens (including phenoxy) is 1. The zero-order valence-electron chi connectivity index (χ0n) is 9.43. The normalized spacial score (nSPS) is 19.8. The van der Waals surface area contributed by atoms with Crippen molar-refractivity contribution in [2.45, 2.75) is 24.6 Å².